The molecular formula is C29H31N5O3. The summed E-state index contributed by atoms with van der Waals surface area (Å²) in [6, 6.07) is 23.9. The van der Waals surface area contributed by atoms with Crippen LogP contribution in [0.5, 0.6) is 11.5 Å². The molecule has 0 saturated carbocycles. The minimum atomic E-state index is -0.215. The van der Waals surface area contributed by atoms with Crippen LogP contribution in [0.4, 0.5) is 11.5 Å². The molecule has 1 saturated heterocycles. The SMILES string of the molecule is COc1ccc(CCNC(=O)c2nnc(N3CCN(c4ccc(OC)cc4)CC3)c3ccccc23)cc1. The van der Waals surface area contributed by atoms with E-state index < -0.39 is 0 Å². The third-order valence-corrected chi connectivity index (χ3v) is 6.76. The Bertz CT molecular complexity index is 1350. The van der Waals surface area contributed by atoms with Gasteiger partial charge in [-0.05, 0) is 48.4 Å². The minimum absolute atomic E-state index is 0.215. The van der Waals surface area contributed by atoms with Crippen molar-refractivity contribution in [1.82, 2.24) is 15.5 Å². The zero-order valence-electron chi connectivity index (χ0n) is 21.2. The summed E-state index contributed by atoms with van der Waals surface area (Å²) in [5.74, 6) is 2.28. The molecule has 1 amide bonds. The van der Waals surface area contributed by atoms with Crippen molar-refractivity contribution in [2.24, 2.45) is 0 Å². The van der Waals surface area contributed by atoms with Crippen LogP contribution in [0.3, 0.4) is 0 Å². The maximum Gasteiger partial charge on any atom is 0.272 e. The molecule has 1 N–H and O–H groups in total. The first-order valence-corrected chi connectivity index (χ1v) is 12.5. The number of nitrogens with one attached hydrogen (secondary N) is 1. The summed E-state index contributed by atoms with van der Waals surface area (Å²) in [6.07, 6.45) is 0.720. The first-order chi connectivity index (χ1) is 18.2. The molecule has 1 aliphatic heterocycles. The number of rotatable bonds is 8. The summed E-state index contributed by atoms with van der Waals surface area (Å²) in [5, 5.41) is 13.7. The number of carbonyl (C=O) groups excluding carboxylic acids is 1. The van der Waals surface area contributed by atoms with E-state index in [9.17, 15) is 4.79 Å². The number of nitrogens with zero attached hydrogens (tertiary/aromatic N) is 4. The van der Waals surface area contributed by atoms with E-state index in [1.54, 1.807) is 14.2 Å². The average Bonchev–Trinajstić information content (AvgIpc) is 2.97. The van der Waals surface area contributed by atoms with Crippen LogP contribution >= 0.6 is 0 Å². The van der Waals surface area contributed by atoms with Crippen molar-refractivity contribution < 1.29 is 14.3 Å². The Morgan fingerprint density at radius 2 is 1.38 bits per heavy atom. The fourth-order valence-corrected chi connectivity index (χ4v) is 4.66. The first-order valence-electron chi connectivity index (χ1n) is 12.5. The predicted octanol–water partition coefficient (Wildman–Crippen LogP) is 3.95. The quantitative estimate of drug-likeness (QED) is 0.395. The number of methoxy groups -OCH3 is 2. The fourth-order valence-electron chi connectivity index (χ4n) is 4.66. The lowest BCUT2D eigenvalue weighted by Gasteiger charge is -2.37. The third-order valence-electron chi connectivity index (χ3n) is 6.76. The summed E-state index contributed by atoms with van der Waals surface area (Å²) in [5.41, 5.74) is 2.66. The Labute approximate surface area is 216 Å². The third kappa shape index (κ3) is 5.43. The number of aromatic nitrogens is 2. The van der Waals surface area contributed by atoms with Gasteiger partial charge in [0.25, 0.3) is 5.91 Å². The monoisotopic (exact) mass is 497 g/mol. The van der Waals surface area contributed by atoms with Crippen molar-refractivity contribution in [2.75, 3.05) is 56.7 Å². The number of anilines is 2. The second-order valence-electron chi connectivity index (χ2n) is 8.94. The van der Waals surface area contributed by atoms with Gasteiger partial charge in [0.15, 0.2) is 11.5 Å². The van der Waals surface area contributed by atoms with Crippen molar-refractivity contribution in [3.05, 3.63) is 84.1 Å². The van der Waals surface area contributed by atoms with Crippen LogP contribution in [-0.4, -0.2) is 63.0 Å². The van der Waals surface area contributed by atoms with Gasteiger partial charge in [0.2, 0.25) is 0 Å². The molecule has 37 heavy (non-hydrogen) atoms. The smallest absolute Gasteiger partial charge is 0.272 e. The van der Waals surface area contributed by atoms with Crippen LogP contribution < -0.4 is 24.6 Å². The van der Waals surface area contributed by atoms with Gasteiger partial charge in [0.05, 0.1) is 14.2 Å². The lowest BCUT2D eigenvalue weighted by molar-refractivity contribution is 0.0950. The maximum absolute atomic E-state index is 13.0. The van der Waals surface area contributed by atoms with E-state index in [0.29, 0.717) is 12.2 Å². The zero-order valence-corrected chi connectivity index (χ0v) is 21.2. The molecule has 3 aromatic carbocycles. The number of piperazine rings is 1. The molecule has 1 aliphatic rings. The van der Waals surface area contributed by atoms with E-state index >= 15 is 0 Å². The van der Waals surface area contributed by atoms with E-state index in [1.165, 1.54) is 5.69 Å². The van der Waals surface area contributed by atoms with Crippen LogP contribution in [0, 0.1) is 0 Å². The van der Waals surface area contributed by atoms with Gasteiger partial charge in [0, 0.05) is 49.2 Å². The van der Waals surface area contributed by atoms with Crippen LogP contribution in [0.2, 0.25) is 0 Å². The largest absolute Gasteiger partial charge is 0.497 e. The van der Waals surface area contributed by atoms with E-state index in [0.717, 1.165) is 66.3 Å². The van der Waals surface area contributed by atoms with E-state index in [1.807, 2.05) is 60.7 Å². The summed E-state index contributed by atoms with van der Waals surface area (Å²) >= 11 is 0. The molecular weight excluding hydrogens is 466 g/mol. The molecule has 8 heteroatoms. The van der Waals surface area contributed by atoms with Crippen molar-refractivity contribution in [3.8, 4) is 11.5 Å². The lowest BCUT2D eigenvalue weighted by Crippen LogP contribution is -2.47. The number of hydrogen-bond donors (Lipinski definition) is 1. The average molecular weight is 498 g/mol. The van der Waals surface area contributed by atoms with Crippen LogP contribution in [0.15, 0.2) is 72.8 Å². The Kier molecular flexibility index (Phi) is 7.35. The molecule has 2 heterocycles. The van der Waals surface area contributed by atoms with Crippen LogP contribution in [0.1, 0.15) is 16.1 Å². The minimum Gasteiger partial charge on any atom is -0.497 e. The van der Waals surface area contributed by atoms with Gasteiger partial charge in [-0.15, -0.1) is 10.2 Å². The van der Waals surface area contributed by atoms with Gasteiger partial charge in [-0.1, -0.05) is 36.4 Å². The molecule has 0 unspecified atom stereocenters. The van der Waals surface area contributed by atoms with Gasteiger partial charge in [-0.3, -0.25) is 4.79 Å². The second-order valence-corrected chi connectivity index (χ2v) is 8.94. The van der Waals surface area contributed by atoms with Gasteiger partial charge >= 0.3 is 0 Å². The predicted molar refractivity (Wildman–Crippen MR) is 146 cm³/mol. The van der Waals surface area contributed by atoms with Crippen LogP contribution in [-0.2, 0) is 6.42 Å². The normalized spacial score (nSPS) is 13.5. The van der Waals surface area contributed by atoms with Crippen LogP contribution in [0.25, 0.3) is 10.8 Å². The number of amides is 1. The van der Waals surface area contributed by atoms with E-state index in [2.05, 4.69) is 37.4 Å². The highest BCUT2D eigenvalue weighted by Gasteiger charge is 2.23. The number of carbonyl (C=O) groups is 1. The molecule has 190 valence electrons. The van der Waals surface area contributed by atoms with E-state index in [4.69, 9.17) is 9.47 Å². The second kappa shape index (κ2) is 11.2. The van der Waals surface area contributed by atoms with Gasteiger partial charge < -0.3 is 24.6 Å². The fraction of sp³-hybridized carbons (Fsp3) is 0.276. The van der Waals surface area contributed by atoms with Gasteiger partial charge in [-0.25, -0.2) is 0 Å². The molecule has 0 bridgehead atoms. The Morgan fingerprint density at radius 1 is 0.784 bits per heavy atom. The maximum atomic E-state index is 13.0. The summed E-state index contributed by atoms with van der Waals surface area (Å²) in [7, 11) is 3.32. The molecule has 8 nitrogen and oxygen atoms in total. The topological polar surface area (TPSA) is 79.8 Å². The number of ether oxygens (including phenoxy) is 2. The molecule has 0 aliphatic carbocycles. The van der Waals surface area contributed by atoms with Crippen molar-refractivity contribution in [2.45, 2.75) is 6.42 Å². The summed E-state index contributed by atoms with van der Waals surface area (Å²) in [4.78, 5) is 17.6. The van der Waals surface area contributed by atoms with Crippen molar-refractivity contribution in [3.63, 3.8) is 0 Å². The molecule has 5 rings (SSSR count). The first kappa shape index (κ1) is 24.4. The van der Waals surface area contributed by atoms with E-state index in [-0.39, 0.29) is 5.91 Å². The molecule has 1 fully saturated rings. The standard InChI is InChI=1S/C29H31N5O3/c1-36-23-11-7-21(8-12-23)15-16-30-29(35)27-25-5-3-4-6-26(25)28(32-31-27)34-19-17-33(18-20-34)22-9-13-24(37-2)14-10-22/h3-14H,15-20H2,1-2H3,(H,30,35). The Balaban J connectivity index is 1.26. The highest BCUT2D eigenvalue weighted by Crippen LogP contribution is 2.28. The van der Waals surface area contributed by atoms with Gasteiger partial charge in [-0.2, -0.15) is 0 Å². The highest BCUT2D eigenvalue weighted by molar-refractivity contribution is 6.07. The molecule has 1 aromatic heterocycles. The number of benzene rings is 3. The number of hydrogen-bond acceptors (Lipinski definition) is 7. The molecule has 0 spiro atoms. The molecule has 0 radical (unpaired) electrons. The zero-order chi connectivity index (χ0) is 25.6. The molecule has 0 atom stereocenters. The van der Waals surface area contributed by atoms with Crippen molar-refractivity contribution >= 4 is 28.2 Å². The molecule has 4 aromatic rings. The summed E-state index contributed by atoms with van der Waals surface area (Å²) in [6.45, 7) is 3.89. The Hall–Kier alpha value is -4.33. The summed E-state index contributed by atoms with van der Waals surface area (Å²) < 4.78 is 10.5. The van der Waals surface area contributed by atoms with Gasteiger partial charge in [0.1, 0.15) is 11.5 Å². The van der Waals surface area contributed by atoms with Crippen molar-refractivity contribution in [1.29, 1.82) is 0 Å². The number of fused-ring (bicyclic) bond motifs is 1. The Morgan fingerprint density at radius 3 is 2.03 bits per heavy atom. The highest BCUT2D eigenvalue weighted by atomic mass is 16.5. The lowest BCUT2D eigenvalue weighted by atomic mass is 10.1.